The number of nitrogens with zero attached hydrogens (tertiary/aromatic N) is 2. The van der Waals surface area contributed by atoms with Gasteiger partial charge in [0.2, 0.25) is 0 Å². The summed E-state index contributed by atoms with van der Waals surface area (Å²) in [5.74, 6) is -0.588. The molecule has 0 amide bonds. The predicted molar refractivity (Wildman–Crippen MR) is 126 cm³/mol. The molecule has 2 unspecified atom stereocenters. The molecule has 1 aliphatic heterocycles. The minimum atomic E-state index is -0.706. The Labute approximate surface area is 198 Å². The average Bonchev–Trinajstić information content (AvgIpc) is 3.30. The first-order valence-corrected chi connectivity index (χ1v) is 11.3. The first kappa shape index (κ1) is 24.0. The minimum absolute atomic E-state index is 0.192. The maximum absolute atomic E-state index is 13.3. The van der Waals surface area contributed by atoms with Crippen molar-refractivity contribution >= 4 is 5.71 Å². The molecule has 0 saturated heterocycles. The van der Waals surface area contributed by atoms with Gasteiger partial charge in [0, 0.05) is 26.1 Å². The van der Waals surface area contributed by atoms with E-state index in [4.69, 9.17) is 9.57 Å². The molecule has 1 N–H and O–H groups in total. The molecule has 7 heteroatoms. The van der Waals surface area contributed by atoms with Gasteiger partial charge in [0.1, 0.15) is 17.7 Å². The van der Waals surface area contributed by atoms with Crippen molar-refractivity contribution in [2.75, 3.05) is 19.7 Å². The second-order valence-corrected chi connectivity index (χ2v) is 8.45. The highest BCUT2D eigenvalue weighted by molar-refractivity contribution is 6.01. The lowest BCUT2D eigenvalue weighted by Crippen LogP contribution is -2.39. The van der Waals surface area contributed by atoms with Gasteiger partial charge in [-0.25, -0.2) is 8.78 Å². The SMILES string of the molecule is OC(COCc1ccccc1)CN(Cc1ccc(F)cc1)CC1CC(c2ccc(F)cc2)=NO1. The molecule has 178 valence electrons. The number of benzene rings is 3. The maximum Gasteiger partial charge on any atom is 0.145 e. The second-order valence-electron chi connectivity index (χ2n) is 8.45. The van der Waals surface area contributed by atoms with Crippen molar-refractivity contribution in [1.29, 1.82) is 0 Å². The zero-order chi connectivity index (χ0) is 23.8. The van der Waals surface area contributed by atoms with Crippen LogP contribution in [-0.4, -0.2) is 47.6 Å². The zero-order valence-corrected chi connectivity index (χ0v) is 18.8. The van der Waals surface area contributed by atoms with E-state index in [1.165, 1.54) is 24.3 Å². The highest BCUT2D eigenvalue weighted by Crippen LogP contribution is 2.19. The third-order valence-electron chi connectivity index (χ3n) is 5.58. The van der Waals surface area contributed by atoms with Crippen molar-refractivity contribution in [3.05, 3.63) is 107 Å². The minimum Gasteiger partial charge on any atom is -0.390 e. The largest absolute Gasteiger partial charge is 0.390 e. The zero-order valence-electron chi connectivity index (χ0n) is 18.8. The van der Waals surface area contributed by atoms with E-state index in [2.05, 4.69) is 10.1 Å². The normalized spacial score (nSPS) is 16.4. The van der Waals surface area contributed by atoms with Crippen molar-refractivity contribution in [3.63, 3.8) is 0 Å². The molecule has 2 atom stereocenters. The number of halogens is 2. The Morgan fingerprint density at radius 3 is 2.32 bits per heavy atom. The van der Waals surface area contributed by atoms with Crippen molar-refractivity contribution in [3.8, 4) is 0 Å². The number of aliphatic hydroxyl groups is 1. The van der Waals surface area contributed by atoms with Crippen LogP contribution in [0.4, 0.5) is 8.78 Å². The van der Waals surface area contributed by atoms with Gasteiger partial charge in [-0.1, -0.05) is 59.8 Å². The Hall–Kier alpha value is -3.13. The fraction of sp³-hybridized carbons (Fsp3) is 0.296. The molecule has 1 aliphatic rings. The lowest BCUT2D eigenvalue weighted by molar-refractivity contribution is -0.00649. The Balaban J connectivity index is 1.33. The van der Waals surface area contributed by atoms with Crippen LogP contribution in [0.3, 0.4) is 0 Å². The Kier molecular flexibility index (Phi) is 8.36. The molecule has 34 heavy (non-hydrogen) atoms. The number of hydrogen-bond donors (Lipinski definition) is 1. The van der Waals surface area contributed by atoms with Crippen molar-refractivity contribution in [2.45, 2.75) is 31.8 Å². The topological polar surface area (TPSA) is 54.3 Å². The molecule has 1 heterocycles. The molecule has 3 aromatic carbocycles. The number of aliphatic hydroxyl groups excluding tert-OH is 1. The molecule has 5 nitrogen and oxygen atoms in total. The summed E-state index contributed by atoms with van der Waals surface area (Å²) in [5, 5.41) is 14.8. The third-order valence-corrected chi connectivity index (χ3v) is 5.58. The van der Waals surface area contributed by atoms with Crippen LogP contribution >= 0.6 is 0 Å². The van der Waals surface area contributed by atoms with Crippen LogP contribution < -0.4 is 0 Å². The second kappa shape index (κ2) is 11.8. The van der Waals surface area contributed by atoms with Gasteiger partial charge in [-0.2, -0.15) is 0 Å². The van der Waals surface area contributed by atoms with Gasteiger partial charge >= 0.3 is 0 Å². The van der Waals surface area contributed by atoms with Crippen LogP contribution in [0.15, 0.2) is 84.0 Å². The predicted octanol–water partition coefficient (Wildman–Crippen LogP) is 4.54. The van der Waals surface area contributed by atoms with E-state index in [9.17, 15) is 13.9 Å². The van der Waals surface area contributed by atoms with Crippen LogP contribution in [-0.2, 0) is 22.7 Å². The van der Waals surface area contributed by atoms with E-state index in [0.717, 1.165) is 22.4 Å². The smallest absolute Gasteiger partial charge is 0.145 e. The molecule has 0 saturated carbocycles. The molecular weight excluding hydrogens is 438 g/mol. The van der Waals surface area contributed by atoms with Crippen molar-refractivity contribution in [1.82, 2.24) is 4.90 Å². The summed E-state index contributed by atoms with van der Waals surface area (Å²) in [5.41, 5.74) is 3.56. The van der Waals surface area contributed by atoms with Gasteiger partial charge in [-0.05, 0) is 41.0 Å². The van der Waals surface area contributed by atoms with E-state index >= 15 is 0 Å². The molecule has 0 aliphatic carbocycles. The number of rotatable bonds is 11. The van der Waals surface area contributed by atoms with Crippen LogP contribution in [0.1, 0.15) is 23.1 Å². The first-order chi connectivity index (χ1) is 16.5. The summed E-state index contributed by atoms with van der Waals surface area (Å²) in [6.45, 7) is 2.01. The van der Waals surface area contributed by atoms with E-state index in [0.29, 0.717) is 32.7 Å². The van der Waals surface area contributed by atoms with Gasteiger partial charge in [0.25, 0.3) is 0 Å². The summed E-state index contributed by atoms with van der Waals surface area (Å²) in [7, 11) is 0. The lowest BCUT2D eigenvalue weighted by atomic mass is 10.0. The highest BCUT2D eigenvalue weighted by atomic mass is 19.1. The van der Waals surface area contributed by atoms with Gasteiger partial charge < -0.3 is 14.7 Å². The Morgan fingerprint density at radius 1 is 0.941 bits per heavy atom. The van der Waals surface area contributed by atoms with Crippen LogP contribution in [0.25, 0.3) is 0 Å². The summed E-state index contributed by atoms with van der Waals surface area (Å²) in [4.78, 5) is 7.69. The van der Waals surface area contributed by atoms with Gasteiger partial charge in [0.15, 0.2) is 0 Å². The molecule has 0 aromatic heterocycles. The third kappa shape index (κ3) is 7.18. The molecule has 0 radical (unpaired) electrons. The lowest BCUT2D eigenvalue weighted by Gasteiger charge is -2.27. The van der Waals surface area contributed by atoms with Crippen LogP contribution in [0.5, 0.6) is 0 Å². The van der Waals surface area contributed by atoms with E-state index < -0.39 is 6.10 Å². The van der Waals surface area contributed by atoms with Crippen LogP contribution in [0.2, 0.25) is 0 Å². The number of hydrogen-bond acceptors (Lipinski definition) is 5. The monoisotopic (exact) mass is 466 g/mol. The Bertz CT molecular complexity index is 1060. The number of ether oxygens (including phenoxy) is 1. The number of oxime groups is 1. The quantitative estimate of drug-likeness (QED) is 0.451. The molecule has 0 bridgehead atoms. The summed E-state index contributed by atoms with van der Waals surface area (Å²) < 4.78 is 32.3. The maximum atomic E-state index is 13.3. The fourth-order valence-corrected chi connectivity index (χ4v) is 3.92. The van der Waals surface area contributed by atoms with E-state index in [-0.39, 0.29) is 24.3 Å². The first-order valence-electron chi connectivity index (χ1n) is 11.3. The van der Waals surface area contributed by atoms with Crippen molar-refractivity contribution < 1.29 is 23.5 Å². The fourth-order valence-electron chi connectivity index (χ4n) is 3.92. The van der Waals surface area contributed by atoms with Crippen LogP contribution in [0, 0.1) is 11.6 Å². The molecule has 0 spiro atoms. The molecule has 4 rings (SSSR count). The van der Waals surface area contributed by atoms with Gasteiger partial charge in [-0.3, -0.25) is 4.90 Å². The standard InChI is InChI=1S/C27H28F2N2O3/c28-23-10-6-20(7-11-23)15-31(16-25(32)19-33-18-21-4-2-1-3-5-21)17-26-14-27(30-34-26)22-8-12-24(29)13-9-22/h1-13,25-26,32H,14-19H2. The Morgan fingerprint density at radius 2 is 1.62 bits per heavy atom. The summed E-state index contributed by atoms with van der Waals surface area (Å²) in [6, 6.07) is 22.3. The van der Waals surface area contributed by atoms with Gasteiger partial charge in [0.05, 0.1) is 25.0 Å². The van der Waals surface area contributed by atoms with E-state index in [1.54, 1.807) is 24.3 Å². The molecule has 3 aromatic rings. The highest BCUT2D eigenvalue weighted by Gasteiger charge is 2.26. The van der Waals surface area contributed by atoms with Crippen molar-refractivity contribution in [2.24, 2.45) is 5.16 Å². The molecular formula is C27H28F2N2O3. The van der Waals surface area contributed by atoms with Gasteiger partial charge in [-0.15, -0.1) is 0 Å². The summed E-state index contributed by atoms with van der Waals surface area (Å²) in [6.07, 6.45) is -0.340. The summed E-state index contributed by atoms with van der Waals surface area (Å²) >= 11 is 0. The average molecular weight is 467 g/mol. The van der Waals surface area contributed by atoms with E-state index in [1.807, 2.05) is 30.3 Å². The molecule has 0 fully saturated rings.